The van der Waals surface area contributed by atoms with E-state index in [4.69, 9.17) is 15.2 Å². The minimum absolute atomic E-state index is 0. The van der Waals surface area contributed by atoms with Gasteiger partial charge in [0.1, 0.15) is 5.75 Å². The Morgan fingerprint density at radius 1 is 1.14 bits per heavy atom. The first-order valence-corrected chi connectivity index (χ1v) is 12.4. The molecule has 1 amide bonds. The van der Waals surface area contributed by atoms with Crippen LogP contribution in [0.4, 0.5) is 0 Å². The lowest BCUT2D eigenvalue weighted by Gasteiger charge is -2.32. The van der Waals surface area contributed by atoms with Crippen LogP contribution in [0, 0.1) is 0 Å². The third-order valence-electron chi connectivity index (χ3n) is 6.57. The molecule has 1 aliphatic heterocycles. The number of ether oxygens (including phenoxy) is 2. The van der Waals surface area contributed by atoms with Crippen molar-refractivity contribution in [3.05, 3.63) is 41.7 Å². The molecule has 2 fully saturated rings. The van der Waals surface area contributed by atoms with Gasteiger partial charge in [-0.2, -0.15) is 5.10 Å². The maximum Gasteiger partial charge on any atom is 0.274 e. The summed E-state index contributed by atoms with van der Waals surface area (Å²) in [6.07, 6.45) is 9.20. The summed E-state index contributed by atoms with van der Waals surface area (Å²) in [7, 11) is 0. The first-order chi connectivity index (χ1) is 16.2. The van der Waals surface area contributed by atoms with Crippen LogP contribution < -0.4 is 10.5 Å². The predicted molar refractivity (Wildman–Crippen MR) is 143 cm³/mol. The van der Waals surface area contributed by atoms with E-state index in [2.05, 4.69) is 29.3 Å². The number of hydrogen-bond donors (Lipinski definition) is 1. The second-order valence-corrected chi connectivity index (χ2v) is 9.08. The van der Waals surface area contributed by atoms with Crippen molar-refractivity contribution in [1.29, 1.82) is 0 Å². The number of nitrogens with zero attached hydrogens (tertiary/aromatic N) is 3. The van der Waals surface area contributed by atoms with Crippen LogP contribution in [0.3, 0.4) is 0 Å². The van der Waals surface area contributed by atoms with Crippen LogP contribution in [0.1, 0.15) is 68.1 Å². The maximum absolute atomic E-state index is 13.2. The lowest BCUT2D eigenvalue weighted by molar-refractivity contribution is -0.0169. The number of hydrogen-bond acceptors (Lipinski definition) is 6. The van der Waals surface area contributed by atoms with Crippen molar-refractivity contribution in [2.24, 2.45) is 5.73 Å². The zero-order valence-electron chi connectivity index (χ0n) is 20.5. The minimum atomic E-state index is -0.129. The molecule has 2 heterocycles. The summed E-state index contributed by atoms with van der Waals surface area (Å²) in [6.45, 7) is 4.07. The van der Waals surface area contributed by atoms with Gasteiger partial charge in [-0.05, 0) is 62.3 Å². The van der Waals surface area contributed by atoms with E-state index in [-0.39, 0.29) is 36.8 Å². The van der Waals surface area contributed by atoms with Gasteiger partial charge in [-0.25, -0.2) is 0 Å². The molecule has 1 aromatic carbocycles. The van der Waals surface area contributed by atoms with Gasteiger partial charge in [-0.3, -0.25) is 4.79 Å². The third-order valence-corrected chi connectivity index (χ3v) is 6.57. The van der Waals surface area contributed by atoms with E-state index in [0.717, 1.165) is 54.7 Å². The molecule has 1 aliphatic carbocycles. The van der Waals surface area contributed by atoms with Gasteiger partial charge in [0.25, 0.3) is 5.91 Å². The molecule has 1 aromatic heterocycles. The standard InChI is InChI=1S/C26H36N4O3.2ClH/c1-2-3-9-24-23(19-10-12-21(13-11-19)33-20-7-5-4-6-8-20)16-25(29-28-24)26(31)30-14-15-32-22(17-27)18-30;;/h10-13,16,20,22H,2-9,14-15,17-18,27H2,1H3;2*1H. The first-order valence-electron chi connectivity index (χ1n) is 12.4. The lowest BCUT2D eigenvalue weighted by Crippen LogP contribution is -2.48. The zero-order chi connectivity index (χ0) is 23.0. The molecule has 35 heavy (non-hydrogen) atoms. The number of nitrogens with two attached hydrogens (primary N) is 1. The average molecular weight is 526 g/mol. The molecule has 1 unspecified atom stereocenters. The van der Waals surface area contributed by atoms with Crippen molar-refractivity contribution in [2.45, 2.75) is 70.5 Å². The average Bonchev–Trinajstić information content (AvgIpc) is 2.88. The Hall–Kier alpha value is -1.93. The molecule has 1 saturated heterocycles. The number of aromatic nitrogens is 2. The molecule has 4 rings (SSSR count). The fraction of sp³-hybridized carbons (Fsp3) is 0.577. The molecule has 194 valence electrons. The number of benzene rings is 1. The van der Waals surface area contributed by atoms with Crippen molar-refractivity contribution >= 4 is 30.7 Å². The second-order valence-electron chi connectivity index (χ2n) is 9.08. The maximum atomic E-state index is 13.2. The van der Waals surface area contributed by atoms with Crippen molar-refractivity contribution in [1.82, 2.24) is 15.1 Å². The van der Waals surface area contributed by atoms with Crippen molar-refractivity contribution in [2.75, 3.05) is 26.2 Å². The summed E-state index contributed by atoms with van der Waals surface area (Å²) >= 11 is 0. The summed E-state index contributed by atoms with van der Waals surface area (Å²) in [6, 6.07) is 10.1. The normalized spacial score (nSPS) is 18.3. The summed E-state index contributed by atoms with van der Waals surface area (Å²) in [5.74, 6) is 0.782. The van der Waals surface area contributed by atoms with Gasteiger partial charge < -0.3 is 20.1 Å². The SMILES string of the molecule is CCCCc1nnc(C(=O)N2CCOC(CN)C2)cc1-c1ccc(OC2CCCCC2)cc1.Cl.Cl. The van der Waals surface area contributed by atoms with E-state index in [1.807, 2.05) is 18.2 Å². The van der Waals surface area contributed by atoms with Gasteiger partial charge in [0.2, 0.25) is 0 Å². The van der Waals surface area contributed by atoms with Crippen LogP contribution in [0.5, 0.6) is 5.75 Å². The molecule has 9 heteroatoms. The van der Waals surface area contributed by atoms with E-state index in [1.165, 1.54) is 19.3 Å². The largest absolute Gasteiger partial charge is 0.490 e. The lowest BCUT2D eigenvalue weighted by atomic mass is 9.97. The predicted octanol–water partition coefficient (Wildman–Crippen LogP) is 4.84. The van der Waals surface area contributed by atoms with E-state index in [9.17, 15) is 4.79 Å². The van der Waals surface area contributed by atoms with Gasteiger partial charge in [0.05, 0.1) is 24.5 Å². The van der Waals surface area contributed by atoms with Crippen molar-refractivity contribution < 1.29 is 14.3 Å². The Balaban J connectivity index is 0.00000216. The molecule has 2 aliphatic rings. The Morgan fingerprint density at radius 2 is 1.89 bits per heavy atom. The highest BCUT2D eigenvalue weighted by Gasteiger charge is 2.26. The fourth-order valence-corrected chi connectivity index (χ4v) is 4.60. The van der Waals surface area contributed by atoms with E-state index in [1.54, 1.807) is 4.90 Å². The highest BCUT2D eigenvalue weighted by Crippen LogP contribution is 2.29. The van der Waals surface area contributed by atoms with E-state index >= 15 is 0 Å². The quantitative estimate of drug-likeness (QED) is 0.531. The Kier molecular flexibility index (Phi) is 12.2. The van der Waals surface area contributed by atoms with Crippen LogP contribution in [-0.4, -0.2) is 59.5 Å². The number of morpholine rings is 1. The summed E-state index contributed by atoms with van der Waals surface area (Å²) in [5, 5.41) is 8.78. The molecule has 2 aromatic rings. The fourth-order valence-electron chi connectivity index (χ4n) is 4.60. The molecule has 0 bridgehead atoms. The van der Waals surface area contributed by atoms with Crippen LogP contribution >= 0.6 is 24.8 Å². The summed E-state index contributed by atoms with van der Waals surface area (Å²) in [4.78, 5) is 14.9. The number of unbranched alkanes of at least 4 members (excludes halogenated alkanes) is 1. The minimum Gasteiger partial charge on any atom is -0.490 e. The van der Waals surface area contributed by atoms with Crippen LogP contribution in [0.2, 0.25) is 0 Å². The van der Waals surface area contributed by atoms with Crippen LogP contribution in [0.25, 0.3) is 11.1 Å². The Morgan fingerprint density at radius 3 is 2.57 bits per heavy atom. The van der Waals surface area contributed by atoms with E-state index < -0.39 is 0 Å². The number of amides is 1. The topological polar surface area (TPSA) is 90.6 Å². The molecule has 0 radical (unpaired) electrons. The highest BCUT2D eigenvalue weighted by atomic mass is 35.5. The van der Waals surface area contributed by atoms with Gasteiger partial charge >= 0.3 is 0 Å². The number of carbonyl (C=O) groups excluding carboxylic acids is 1. The molecular formula is C26H38Cl2N4O3. The molecular weight excluding hydrogens is 487 g/mol. The Bertz CT molecular complexity index is 923. The van der Waals surface area contributed by atoms with Crippen LogP contribution in [-0.2, 0) is 11.2 Å². The van der Waals surface area contributed by atoms with Crippen molar-refractivity contribution in [3.8, 4) is 16.9 Å². The summed E-state index contributed by atoms with van der Waals surface area (Å²) in [5.41, 5.74) is 9.03. The molecule has 1 saturated carbocycles. The molecule has 1 atom stereocenters. The van der Waals surface area contributed by atoms with Gasteiger partial charge in [-0.15, -0.1) is 29.9 Å². The third kappa shape index (κ3) is 7.78. The smallest absolute Gasteiger partial charge is 0.274 e. The van der Waals surface area contributed by atoms with Crippen LogP contribution in [0.15, 0.2) is 30.3 Å². The van der Waals surface area contributed by atoms with Gasteiger partial charge in [0.15, 0.2) is 5.69 Å². The number of halogens is 2. The number of carbonyl (C=O) groups is 1. The highest BCUT2D eigenvalue weighted by molar-refractivity contribution is 5.93. The molecule has 2 N–H and O–H groups in total. The molecule has 7 nitrogen and oxygen atoms in total. The van der Waals surface area contributed by atoms with E-state index in [0.29, 0.717) is 38.0 Å². The first kappa shape index (κ1) is 29.3. The van der Waals surface area contributed by atoms with Gasteiger partial charge in [0, 0.05) is 25.2 Å². The Labute approximate surface area is 221 Å². The number of rotatable bonds is 8. The number of aryl methyl sites for hydroxylation is 1. The van der Waals surface area contributed by atoms with Gasteiger partial charge in [-0.1, -0.05) is 31.9 Å². The van der Waals surface area contributed by atoms with Crippen molar-refractivity contribution in [3.63, 3.8) is 0 Å². The summed E-state index contributed by atoms with van der Waals surface area (Å²) < 4.78 is 11.8. The molecule has 0 spiro atoms. The second kappa shape index (κ2) is 14.6. The monoisotopic (exact) mass is 524 g/mol. The zero-order valence-corrected chi connectivity index (χ0v) is 22.1.